The van der Waals surface area contributed by atoms with E-state index in [1.807, 2.05) is 0 Å². The summed E-state index contributed by atoms with van der Waals surface area (Å²) in [4.78, 5) is 27.3. The van der Waals surface area contributed by atoms with Gasteiger partial charge in [-0.3, -0.25) is 0 Å². The molecule has 0 saturated carbocycles. The summed E-state index contributed by atoms with van der Waals surface area (Å²) >= 11 is 0. The Morgan fingerprint density at radius 2 is 1.07 bits per heavy atom. The fraction of sp³-hybridized carbons (Fsp3) is 1.00. The molecule has 0 bridgehead atoms. The van der Waals surface area contributed by atoms with E-state index in [-0.39, 0.29) is 5.09 Å². The second kappa shape index (κ2) is 19.6. The van der Waals surface area contributed by atoms with Gasteiger partial charge in [0.05, 0.1) is 0 Å². The minimum atomic E-state index is -0.936. The molecular weight excluding hydrogens is 362 g/mol. The molecule has 0 aliphatic rings. The van der Waals surface area contributed by atoms with Crippen LogP contribution in [0.25, 0.3) is 20.9 Å². The van der Waals surface area contributed by atoms with Crippen molar-refractivity contribution in [2.75, 3.05) is 0 Å². The first-order valence-electron chi connectivity index (χ1n) is 10.6. The maximum absolute atomic E-state index is 11.9. The molecule has 0 N–H and O–H groups in total. The summed E-state index contributed by atoms with van der Waals surface area (Å²) in [6.45, 7) is 4.31. The van der Waals surface area contributed by atoms with E-state index in [0.717, 1.165) is 38.5 Å². The molecule has 0 amide bonds. The van der Waals surface area contributed by atoms with E-state index in [9.17, 15) is 4.91 Å². The minimum Gasteiger partial charge on any atom is -0.177 e. The van der Waals surface area contributed by atoms with Crippen LogP contribution in [0.15, 0.2) is 10.2 Å². The van der Waals surface area contributed by atoms with Crippen molar-refractivity contribution >= 4 is 0 Å². The predicted octanol–water partition coefficient (Wildman–Crippen LogP) is 7.40. The third-order valence-electron chi connectivity index (χ3n) is 4.39. The van der Waals surface area contributed by atoms with Crippen LogP contribution in [0.3, 0.4) is 0 Å². The van der Waals surface area contributed by atoms with Crippen molar-refractivity contribution in [1.82, 2.24) is 0 Å². The van der Waals surface area contributed by atoms with Crippen molar-refractivity contribution in [3.8, 4) is 0 Å². The topological polar surface area (TPSA) is 136 Å². The average molecular weight is 399 g/mol. The lowest BCUT2D eigenvalue weighted by atomic mass is 10.1. The highest BCUT2D eigenvalue weighted by Gasteiger charge is 2.26. The summed E-state index contributed by atoms with van der Waals surface area (Å²) in [5, 5.41) is 6.89. The standard InChI is InChI=1S/C18H36N7O3/c1-3-5-7-9-11-13-15-17(21-23-19)27-25(26)28-18(22-24-20)16-14-12-10-8-6-4-2/h17-18H,3-16H2,1-2H3/q+1. The third-order valence-corrected chi connectivity index (χ3v) is 4.39. The van der Waals surface area contributed by atoms with E-state index in [0.29, 0.717) is 12.8 Å². The molecule has 0 aromatic heterocycles. The fourth-order valence-corrected chi connectivity index (χ4v) is 2.80. The Morgan fingerprint density at radius 1 is 0.714 bits per heavy atom. The molecule has 2 unspecified atom stereocenters. The smallest absolute Gasteiger partial charge is 0.177 e. The van der Waals surface area contributed by atoms with Crippen LogP contribution in [0.1, 0.15) is 104 Å². The highest BCUT2D eigenvalue weighted by molar-refractivity contribution is 4.57. The Hall–Kier alpha value is -2.18. The lowest BCUT2D eigenvalue weighted by molar-refractivity contribution is -0.992. The second-order valence-corrected chi connectivity index (χ2v) is 6.87. The molecule has 0 aliphatic heterocycles. The van der Waals surface area contributed by atoms with Crippen molar-refractivity contribution in [1.29, 1.82) is 0 Å². The van der Waals surface area contributed by atoms with E-state index in [1.165, 1.54) is 38.5 Å². The summed E-state index contributed by atoms with van der Waals surface area (Å²) in [7, 11) is 0. The van der Waals surface area contributed by atoms with Gasteiger partial charge in [-0.2, -0.15) is 9.68 Å². The number of unbranched alkanes of at least 4 members (excludes halogenated alkanes) is 10. The maximum Gasteiger partial charge on any atom is 0.478 e. The van der Waals surface area contributed by atoms with Gasteiger partial charge in [0.2, 0.25) is 0 Å². The highest BCUT2D eigenvalue weighted by Crippen LogP contribution is 2.14. The monoisotopic (exact) mass is 398 g/mol. The molecule has 0 aromatic rings. The molecule has 10 nitrogen and oxygen atoms in total. The van der Waals surface area contributed by atoms with Crippen LogP contribution >= 0.6 is 0 Å². The Labute approximate surface area is 167 Å². The Bertz CT molecular complexity index is 450. The second-order valence-electron chi connectivity index (χ2n) is 6.87. The van der Waals surface area contributed by atoms with Crippen LogP contribution in [-0.2, 0) is 9.68 Å². The number of azide groups is 2. The molecule has 0 radical (unpaired) electrons. The summed E-state index contributed by atoms with van der Waals surface area (Å²) in [5.74, 6) is 0. The van der Waals surface area contributed by atoms with Gasteiger partial charge in [-0.05, 0) is 47.0 Å². The minimum absolute atomic E-state index is 0.0904. The predicted molar refractivity (Wildman–Crippen MR) is 108 cm³/mol. The maximum atomic E-state index is 11.9. The van der Waals surface area contributed by atoms with Crippen LogP contribution in [0.2, 0.25) is 0 Å². The van der Waals surface area contributed by atoms with Gasteiger partial charge in [-0.25, -0.2) is 0 Å². The molecule has 160 valence electrons. The first kappa shape index (κ1) is 25.8. The molecular formula is C18H36N7O3+. The van der Waals surface area contributed by atoms with Gasteiger partial charge in [0.1, 0.15) is 4.91 Å². The molecule has 0 heterocycles. The largest absolute Gasteiger partial charge is 0.478 e. The first-order valence-corrected chi connectivity index (χ1v) is 10.6. The van der Waals surface area contributed by atoms with E-state index in [4.69, 9.17) is 20.7 Å². The highest BCUT2D eigenvalue weighted by atomic mass is 17.0. The van der Waals surface area contributed by atoms with E-state index in [2.05, 4.69) is 33.9 Å². The van der Waals surface area contributed by atoms with Gasteiger partial charge in [0.25, 0.3) is 12.5 Å². The summed E-state index contributed by atoms with van der Waals surface area (Å²) in [6.07, 6.45) is 11.9. The van der Waals surface area contributed by atoms with Crippen LogP contribution in [-0.4, -0.2) is 17.5 Å². The average Bonchev–Trinajstić information content (AvgIpc) is 2.67. The molecule has 0 aromatic carbocycles. The molecule has 0 aliphatic carbocycles. The van der Waals surface area contributed by atoms with E-state index < -0.39 is 12.5 Å². The zero-order valence-corrected chi connectivity index (χ0v) is 17.4. The van der Waals surface area contributed by atoms with Gasteiger partial charge in [-0.15, -0.1) is 0 Å². The van der Waals surface area contributed by atoms with Crippen molar-refractivity contribution in [3.05, 3.63) is 25.8 Å². The van der Waals surface area contributed by atoms with E-state index >= 15 is 0 Å². The fourth-order valence-electron chi connectivity index (χ4n) is 2.80. The number of hydrogen-bond acceptors (Lipinski definition) is 5. The van der Waals surface area contributed by atoms with Crippen molar-refractivity contribution in [2.24, 2.45) is 10.2 Å². The molecule has 0 spiro atoms. The lowest BCUT2D eigenvalue weighted by Crippen LogP contribution is -2.23. The van der Waals surface area contributed by atoms with Gasteiger partial charge >= 0.3 is 5.09 Å². The van der Waals surface area contributed by atoms with Crippen LogP contribution in [0, 0.1) is 4.91 Å². The number of nitrogens with zero attached hydrogens (tertiary/aromatic N) is 7. The number of hydrogen-bond donors (Lipinski definition) is 0. The Kier molecular flexibility index (Phi) is 18.1. The molecule has 28 heavy (non-hydrogen) atoms. The zero-order valence-electron chi connectivity index (χ0n) is 17.4. The zero-order chi connectivity index (χ0) is 20.9. The normalized spacial score (nSPS) is 12.4. The van der Waals surface area contributed by atoms with Gasteiger partial charge < -0.3 is 0 Å². The molecule has 0 rings (SSSR count). The van der Waals surface area contributed by atoms with Gasteiger partial charge in [-0.1, -0.05) is 78.1 Å². The van der Waals surface area contributed by atoms with Gasteiger partial charge in [0, 0.05) is 9.82 Å². The SMILES string of the molecule is CCCCCCCCC(N=[N+]=[N-])O[N+](=O)OC(CCCCCCCC)N=[N+]=[N-]. The summed E-state index contributed by atoms with van der Waals surface area (Å²) in [5.41, 5.74) is 17.3. The van der Waals surface area contributed by atoms with Crippen LogP contribution < -0.4 is 0 Å². The molecule has 0 fully saturated rings. The molecule has 2 atom stereocenters. The quantitative estimate of drug-likeness (QED) is 0.0694. The van der Waals surface area contributed by atoms with Crippen molar-refractivity contribution < 1.29 is 14.8 Å². The summed E-state index contributed by atoms with van der Waals surface area (Å²) < 4.78 is 0. The van der Waals surface area contributed by atoms with Crippen molar-refractivity contribution in [3.63, 3.8) is 0 Å². The van der Waals surface area contributed by atoms with Crippen LogP contribution in [0.5, 0.6) is 0 Å². The summed E-state index contributed by atoms with van der Waals surface area (Å²) in [6, 6.07) is 0. The van der Waals surface area contributed by atoms with Crippen LogP contribution in [0.4, 0.5) is 0 Å². The third kappa shape index (κ3) is 16.0. The van der Waals surface area contributed by atoms with E-state index in [1.54, 1.807) is 0 Å². The first-order chi connectivity index (χ1) is 13.7. The van der Waals surface area contributed by atoms with Gasteiger partial charge in [0.15, 0.2) is 0 Å². The molecule has 10 heteroatoms. The molecule has 0 saturated heterocycles. The van der Waals surface area contributed by atoms with Crippen molar-refractivity contribution in [2.45, 2.75) is 116 Å². The lowest BCUT2D eigenvalue weighted by Gasteiger charge is -2.07. The number of rotatable bonds is 20. The Morgan fingerprint density at radius 3 is 1.43 bits per heavy atom. The Balaban J connectivity index is 4.23.